The molecule has 0 spiro atoms. The first-order valence-corrected chi connectivity index (χ1v) is 7.38. The van der Waals surface area contributed by atoms with Gasteiger partial charge in [-0.05, 0) is 17.7 Å². The van der Waals surface area contributed by atoms with Crippen molar-refractivity contribution in [3.05, 3.63) is 50.9 Å². The molecular formula is C14H16ClN5O2. The van der Waals surface area contributed by atoms with Gasteiger partial charge in [0, 0.05) is 24.5 Å². The van der Waals surface area contributed by atoms with Gasteiger partial charge in [0.1, 0.15) is 5.69 Å². The highest BCUT2D eigenvalue weighted by atomic mass is 35.5. The van der Waals surface area contributed by atoms with Crippen LogP contribution in [0.3, 0.4) is 0 Å². The molecule has 3 rings (SSSR count). The van der Waals surface area contributed by atoms with Gasteiger partial charge in [-0.3, -0.25) is 15.2 Å². The number of nitrogens with zero attached hydrogens (tertiary/aromatic N) is 3. The summed E-state index contributed by atoms with van der Waals surface area (Å²) in [6.45, 7) is 2.77. The Morgan fingerprint density at radius 2 is 1.95 bits per heavy atom. The first kappa shape index (κ1) is 15.0. The molecule has 0 amide bonds. The molecule has 1 aliphatic rings. The van der Waals surface area contributed by atoms with Crippen LogP contribution >= 0.6 is 11.6 Å². The molecule has 1 aliphatic heterocycles. The van der Waals surface area contributed by atoms with Crippen LogP contribution in [0, 0.1) is 0 Å². The molecular weight excluding hydrogens is 306 g/mol. The molecule has 7 nitrogen and oxygen atoms in total. The van der Waals surface area contributed by atoms with E-state index in [1.807, 2.05) is 17.1 Å². The summed E-state index contributed by atoms with van der Waals surface area (Å²) >= 11 is 5.84. The second-order valence-electron chi connectivity index (χ2n) is 4.96. The van der Waals surface area contributed by atoms with E-state index in [2.05, 4.69) is 20.6 Å². The summed E-state index contributed by atoms with van der Waals surface area (Å²) in [5.41, 5.74) is 4.10. The molecule has 0 aliphatic carbocycles. The van der Waals surface area contributed by atoms with E-state index in [1.165, 1.54) is 0 Å². The van der Waals surface area contributed by atoms with Crippen molar-refractivity contribution in [2.45, 2.75) is 6.42 Å². The number of ether oxygens (including phenoxy) is 1. The number of halogens is 1. The van der Waals surface area contributed by atoms with Crippen LogP contribution in [0.1, 0.15) is 11.3 Å². The molecule has 1 aromatic carbocycles. The van der Waals surface area contributed by atoms with Crippen LogP contribution in [0.5, 0.6) is 0 Å². The van der Waals surface area contributed by atoms with Crippen molar-refractivity contribution >= 4 is 17.5 Å². The van der Waals surface area contributed by atoms with Crippen molar-refractivity contribution in [2.24, 2.45) is 0 Å². The molecule has 1 aromatic heterocycles. The van der Waals surface area contributed by atoms with Crippen molar-refractivity contribution in [3.8, 4) is 0 Å². The van der Waals surface area contributed by atoms with Gasteiger partial charge in [0.25, 0.3) is 5.56 Å². The molecule has 1 saturated heterocycles. The number of benzene rings is 1. The molecule has 22 heavy (non-hydrogen) atoms. The quantitative estimate of drug-likeness (QED) is 0.876. The van der Waals surface area contributed by atoms with Gasteiger partial charge in [-0.1, -0.05) is 23.7 Å². The number of aromatic nitrogens is 3. The van der Waals surface area contributed by atoms with Gasteiger partial charge in [0.2, 0.25) is 5.95 Å². The summed E-state index contributed by atoms with van der Waals surface area (Å²) in [5.74, 6) is 0.340. The van der Waals surface area contributed by atoms with E-state index in [9.17, 15) is 4.79 Å². The molecule has 0 radical (unpaired) electrons. The van der Waals surface area contributed by atoms with Gasteiger partial charge < -0.3 is 4.74 Å². The standard InChI is InChI=1S/C14H16ClN5O2/c15-11-3-1-10(2-4-11)9-12-13(21)16-14(18-17-12)19-20-5-7-22-8-6-20/h1-4H,5-9H2,(H2,16,18,19,21). The summed E-state index contributed by atoms with van der Waals surface area (Å²) in [6, 6.07) is 7.30. The minimum absolute atomic E-state index is 0.249. The van der Waals surface area contributed by atoms with E-state index >= 15 is 0 Å². The Kier molecular flexibility index (Phi) is 4.67. The lowest BCUT2D eigenvalue weighted by Gasteiger charge is -2.26. The summed E-state index contributed by atoms with van der Waals surface area (Å²) in [6.07, 6.45) is 0.414. The monoisotopic (exact) mass is 321 g/mol. The fraction of sp³-hybridized carbons (Fsp3) is 0.357. The zero-order chi connectivity index (χ0) is 15.4. The van der Waals surface area contributed by atoms with Crippen LogP contribution in [0.15, 0.2) is 29.1 Å². The minimum atomic E-state index is -0.249. The average Bonchev–Trinajstić information content (AvgIpc) is 2.53. The fourth-order valence-corrected chi connectivity index (χ4v) is 2.27. The highest BCUT2D eigenvalue weighted by molar-refractivity contribution is 6.30. The van der Waals surface area contributed by atoms with Gasteiger partial charge in [-0.25, -0.2) is 5.01 Å². The number of hydrazine groups is 1. The lowest BCUT2D eigenvalue weighted by Crippen LogP contribution is -2.41. The van der Waals surface area contributed by atoms with Gasteiger partial charge in [0.05, 0.1) is 13.2 Å². The highest BCUT2D eigenvalue weighted by Crippen LogP contribution is 2.11. The highest BCUT2D eigenvalue weighted by Gasteiger charge is 2.12. The summed E-state index contributed by atoms with van der Waals surface area (Å²) in [7, 11) is 0. The van der Waals surface area contributed by atoms with Gasteiger partial charge in [-0.2, -0.15) is 0 Å². The van der Waals surface area contributed by atoms with Crippen LogP contribution in [-0.2, 0) is 11.2 Å². The number of aromatic amines is 1. The third-order valence-corrected chi connectivity index (χ3v) is 3.58. The molecule has 0 unspecified atom stereocenters. The Balaban J connectivity index is 1.69. The molecule has 0 atom stereocenters. The molecule has 8 heteroatoms. The second-order valence-corrected chi connectivity index (χ2v) is 5.40. The van der Waals surface area contributed by atoms with Gasteiger partial charge in [-0.15, -0.1) is 10.2 Å². The molecule has 2 heterocycles. The lowest BCUT2D eigenvalue weighted by atomic mass is 10.1. The third kappa shape index (κ3) is 3.82. The maximum absolute atomic E-state index is 12.1. The molecule has 2 N–H and O–H groups in total. The Morgan fingerprint density at radius 1 is 1.23 bits per heavy atom. The van der Waals surface area contributed by atoms with Crippen LogP contribution in [0.25, 0.3) is 0 Å². The van der Waals surface area contributed by atoms with E-state index in [0.29, 0.717) is 36.3 Å². The Morgan fingerprint density at radius 3 is 2.64 bits per heavy atom. The Bertz CT molecular complexity index is 682. The molecule has 1 fully saturated rings. The smallest absolute Gasteiger partial charge is 0.274 e. The first-order valence-electron chi connectivity index (χ1n) is 7.00. The number of anilines is 1. The van der Waals surface area contributed by atoms with Crippen LogP contribution in [0.2, 0.25) is 5.02 Å². The number of hydrogen-bond acceptors (Lipinski definition) is 6. The summed E-state index contributed by atoms with van der Waals surface area (Å²) < 4.78 is 5.26. The molecule has 2 aromatic rings. The summed E-state index contributed by atoms with van der Waals surface area (Å²) in [4.78, 5) is 14.8. The van der Waals surface area contributed by atoms with E-state index in [-0.39, 0.29) is 5.56 Å². The molecule has 116 valence electrons. The SMILES string of the molecule is O=c1[nH]c(NN2CCOCC2)nnc1Cc1ccc(Cl)cc1. The van der Waals surface area contributed by atoms with Crippen molar-refractivity contribution < 1.29 is 4.74 Å². The predicted octanol–water partition coefficient (Wildman–Crippen LogP) is 1.07. The van der Waals surface area contributed by atoms with Gasteiger partial charge in [0.15, 0.2) is 0 Å². The number of morpholine rings is 1. The lowest BCUT2D eigenvalue weighted by molar-refractivity contribution is 0.0492. The van der Waals surface area contributed by atoms with Crippen molar-refractivity contribution in [2.75, 3.05) is 31.7 Å². The van der Waals surface area contributed by atoms with E-state index in [0.717, 1.165) is 18.7 Å². The second kappa shape index (κ2) is 6.87. The van der Waals surface area contributed by atoms with E-state index in [1.54, 1.807) is 12.1 Å². The Hall–Kier alpha value is -1.96. The minimum Gasteiger partial charge on any atom is -0.379 e. The third-order valence-electron chi connectivity index (χ3n) is 3.32. The van der Waals surface area contributed by atoms with Crippen LogP contribution in [-0.4, -0.2) is 46.5 Å². The Labute approximate surface area is 132 Å². The number of hydrogen-bond donors (Lipinski definition) is 2. The number of nitrogens with one attached hydrogen (secondary N) is 2. The number of rotatable bonds is 4. The zero-order valence-electron chi connectivity index (χ0n) is 11.9. The summed E-state index contributed by atoms with van der Waals surface area (Å²) in [5, 5.41) is 10.6. The van der Waals surface area contributed by atoms with E-state index < -0.39 is 0 Å². The van der Waals surface area contributed by atoms with Crippen LogP contribution in [0.4, 0.5) is 5.95 Å². The van der Waals surface area contributed by atoms with E-state index in [4.69, 9.17) is 16.3 Å². The molecule has 0 bridgehead atoms. The predicted molar refractivity (Wildman–Crippen MR) is 82.9 cm³/mol. The number of H-pyrrole nitrogens is 1. The zero-order valence-corrected chi connectivity index (χ0v) is 12.6. The maximum atomic E-state index is 12.1. The van der Waals surface area contributed by atoms with Crippen molar-refractivity contribution in [1.29, 1.82) is 0 Å². The topological polar surface area (TPSA) is 83.1 Å². The fourth-order valence-electron chi connectivity index (χ4n) is 2.15. The van der Waals surface area contributed by atoms with Crippen LogP contribution < -0.4 is 11.0 Å². The first-order chi connectivity index (χ1) is 10.7. The average molecular weight is 322 g/mol. The van der Waals surface area contributed by atoms with Gasteiger partial charge >= 0.3 is 0 Å². The van der Waals surface area contributed by atoms with Crippen molar-refractivity contribution in [3.63, 3.8) is 0 Å². The largest absolute Gasteiger partial charge is 0.379 e. The normalized spacial score (nSPS) is 15.7. The van der Waals surface area contributed by atoms with Crippen molar-refractivity contribution in [1.82, 2.24) is 20.2 Å². The maximum Gasteiger partial charge on any atom is 0.274 e. The molecule has 0 saturated carbocycles.